The molecule has 0 saturated heterocycles. The van der Waals surface area contributed by atoms with Gasteiger partial charge in [-0.15, -0.1) is 11.3 Å². The van der Waals surface area contributed by atoms with Crippen LogP contribution in [-0.2, 0) is 24.2 Å². The molecular weight excluding hydrogens is 320 g/mol. The first-order chi connectivity index (χ1) is 11.8. The van der Waals surface area contributed by atoms with E-state index in [9.17, 15) is 4.79 Å². The number of fused-ring (bicyclic) bond motifs is 1. The fourth-order valence-corrected chi connectivity index (χ4v) is 4.24. The number of nitrogens with one attached hydrogen (secondary N) is 1. The lowest BCUT2D eigenvalue weighted by Gasteiger charge is -2.06. The molecule has 0 aliphatic heterocycles. The molecule has 0 bridgehead atoms. The van der Waals surface area contributed by atoms with Gasteiger partial charge in [0.1, 0.15) is 6.54 Å². The van der Waals surface area contributed by atoms with Crippen LogP contribution < -0.4 is 5.32 Å². The van der Waals surface area contributed by atoms with Crippen LogP contribution in [0.1, 0.15) is 61.9 Å². The quantitative estimate of drug-likeness (QED) is 0.906. The van der Waals surface area contributed by atoms with Gasteiger partial charge in [0, 0.05) is 17.3 Å². The zero-order valence-electron chi connectivity index (χ0n) is 14.2. The molecule has 2 aromatic heterocycles. The zero-order chi connectivity index (χ0) is 16.6. The average molecular weight is 347 g/mol. The predicted molar refractivity (Wildman–Crippen MR) is 97.3 cm³/mol. The molecule has 2 heterocycles. The minimum atomic E-state index is -0.0437. The van der Waals surface area contributed by atoms with Crippen molar-refractivity contribution >= 4 is 22.4 Å². The number of hydrogen-bond acceptors (Lipinski definition) is 4. The minimum absolute atomic E-state index is 0.0437. The number of thiazole rings is 1. The van der Waals surface area contributed by atoms with Gasteiger partial charge in [0.2, 0.25) is 5.91 Å². The van der Waals surface area contributed by atoms with E-state index < -0.39 is 0 Å². The summed E-state index contributed by atoms with van der Waals surface area (Å²) in [5.41, 5.74) is 1.21. The molecule has 1 N–H and O–H groups in total. The van der Waals surface area contributed by atoms with Crippen molar-refractivity contribution in [1.29, 1.82) is 0 Å². The van der Waals surface area contributed by atoms with Gasteiger partial charge in [-0.25, -0.2) is 9.97 Å². The molecule has 0 spiro atoms. The Morgan fingerprint density at radius 3 is 2.50 bits per heavy atom. The highest BCUT2D eigenvalue weighted by Crippen LogP contribution is 2.27. The molecule has 1 amide bonds. The number of aryl methyl sites for hydroxylation is 2. The first-order valence-electron chi connectivity index (χ1n) is 9.05. The van der Waals surface area contributed by atoms with Crippen molar-refractivity contribution in [2.75, 3.05) is 5.32 Å². The van der Waals surface area contributed by atoms with Crippen LogP contribution >= 0.6 is 11.3 Å². The summed E-state index contributed by atoms with van der Waals surface area (Å²) in [6, 6.07) is 0. The summed E-state index contributed by atoms with van der Waals surface area (Å²) >= 11 is 1.66. The van der Waals surface area contributed by atoms with Gasteiger partial charge in [-0.2, -0.15) is 0 Å². The van der Waals surface area contributed by atoms with Crippen molar-refractivity contribution < 1.29 is 4.79 Å². The maximum absolute atomic E-state index is 12.1. The molecule has 2 aromatic rings. The van der Waals surface area contributed by atoms with Crippen LogP contribution in [0.15, 0.2) is 18.7 Å². The molecule has 1 aliphatic carbocycles. The number of rotatable bonds is 3. The van der Waals surface area contributed by atoms with Gasteiger partial charge < -0.3 is 9.88 Å². The molecule has 0 radical (unpaired) electrons. The van der Waals surface area contributed by atoms with E-state index >= 15 is 0 Å². The maximum Gasteiger partial charge on any atom is 0.246 e. The van der Waals surface area contributed by atoms with Gasteiger partial charge >= 0.3 is 0 Å². The van der Waals surface area contributed by atoms with Crippen LogP contribution in [0.5, 0.6) is 0 Å². The molecule has 5 nitrogen and oxygen atoms in total. The van der Waals surface area contributed by atoms with Crippen molar-refractivity contribution in [2.45, 2.75) is 70.8 Å². The number of nitrogens with zero attached hydrogens (tertiary/aromatic N) is 3. The monoisotopic (exact) mass is 346 g/mol. The van der Waals surface area contributed by atoms with E-state index in [-0.39, 0.29) is 12.5 Å². The largest absolute Gasteiger partial charge is 0.328 e. The van der Waals surface area contributed by atoms with Gasteiger partial charge in [0.05, 0.1) is 12.0 Å². The molecule has 6 heteroatoms. The first-order valence-corrected chi connectivity index (χ1v) is 9.87. The maximum atomic E-state index is 12.1. The summed E-state index contributed by atoms with van der Waals surface area (Å²) in [6.07, 6.45) is 17.8. The second-order valence-corrected chi connectivity index (χ2v) is 7.58. The third-order valence-corrected chi connectivity index (χ3v) is 5.55. The van der Waals surface area contributed by atoms with Crippen LogP contribution in [0.4, 0.5) is 5.13 Å². The second kappa shape index (κ2) is 8.97. The van der Waals surface area contributed by atoms with Gasteiger partial charge in [-0.3, -0.25) is 4.79 Å². The number of carbonyl (C=O) groups is 1. The predicted octanol–water partition coefficient (Wildman–Crippen LogP) is 4.20. The smallest absolute Gasteiger partial charge is 0.246 e. The van der Waals surface area contributed by atoms with Crippen molar-refractivity contribution in [3.05, 3.63) is 29.3 Å². The second-order valence-electron chi connectivity index (χ2n) is 6.50. The molecule has 0 saturated carbocycles. The lowest BCUT2D eigenvalue weighted by Crippen LogP contribution is -2.17. The summed E-state index contributed by atoms with van der Waals surface area (Å²) in [6.45, 7) is 0.282. The minimum Gasteiger partial charge on any atom is -0.328 e. The highest BCUT2D eigenvalue weighted by molar-refractivity contribution is 7.15. The van der Waals surface area contributed by atoms with E-state index in [4.69, 9.17) is 4.98 Å². The Labute approximate surface area is 147 Å². The number of amides is 1. The van der Waals surface area contributed by atoms with Crippen LogP contribution in [0.2, 0.25) is 0 Å². The SMILES string of the molecule is O=C(Cn1ccnc1)Nc1nc2c(s1)CCCCCCCCCC2. The van der Waals surface area contributed by atoms with Gasteiger partial charge in [0.15, 0.2) is 5.13 Å². The normalized spacial score (nSPS) is 16.7. The Kier molecular flexibility index (Phi) is 6.41. The Morgan fingerprint density at radius 2 is 1.79 bits per heavy atom. The van der Waals surface area contributed by atoms with E-state index in [1.54, 1.807) is 34.6 Å². The standard InChI is InChI=1S/C18H26N4OS/c23-17(13-22-12-11-19-14-22)21-18-20-15-9-7-5-3-1-2-4-6-8-10-16(15)24-18/h11-12,14H,1-10,13H2,(H,20,21,23). The van der Waals surface area contributed by atoms with E-state index in [0.717, 1.165) is 18.0 Å². The molecule has 130 valence electrons. The lowest BCUT2D eigenvalue weighted by molar-refractivity contribution is -0.116. The van der Waals surface area contributed by atoms with Crippen LogP contribution in [-0.4, -0.2) is 20.4 Å². The number of aromatic nitrogens is 3. The van der Waals surface area contributed by atoms with Gasteiger partial charge in [-0.1, -0.05) is 38.5 Å². The number of hydrogen-bond donors (Lipinski definition) is 1. The van der Waals surface area contributed by atoms with Crippen molar-refractivity contribution in [3.63, 3.8) is 0 Å². The molecule has 0 atom stereocenters. The molecule has 3 rings (SSSR count). The highest BCUT2D eigenvalue weighted by atomic mass is 32.1. The highest BCUT2D eigenvalue weighted by Gasteiger charge is 2.13. The fraction of sp³-hybridized carbons (Fsp3) is 0.611. The molecular formula is C18H26N4OS. The van der Waals surface area contributed by atoms with Gasteiger partial charge in [-0.05, 0) is 25.7 Å². The number of anilines is 1. The number of imidazole rings is 1. The van der Waals surface area contributed by atoms with E-state index in [2.05, 4.69) is 10.3 Å². The Balaban J connectivity index is 1.62. The Bertz CT molecular complexity index is 606. The summed E-state index contributed by atoms with van der Waals surface area (Å²) in [7, 11) is 0. The fourth-order valence-electron chi connectivity index (χ4n) is 3.17. The van der Waals surface area contributed by atoms with Crippen LogP contribution in [0.3, 0.4) is 0 Å². The summed E-state index contributed by atoms with van der Waals surface area (Å²) in [5, 5.41) is 3.70. The third kappa shape index (κ3) is 5.16. The van der Waals surface area contributed by atoms with E-state index in [1.807, 2.05) is 0 Å². The van der Waals surface area contributed by atoms with Crippen molar-refractivity contribution in [3.8, 4) is 0 Å². The molecule has 1 aliphatic rings. The zero-order valence-corrected chi connectivity index (χ0v) is 15.0. The molecule has 24 heavy (non-hydrogen) atoms. The van der Waals surface area contributed by atoms with Crippen LogP contribution in [0.25, 0.3) is 0 Å². The Hall–Kier alpha value is -1.69. The topological polar surface area (TPSA) is 59.8 Å². The summed E-state index contributed by atoms with van der Waals surface area (Å²) in [4.78, 5) is 22.2. The van der Waals surface area contributed by atoms with Gasteiger partial charge in [0.25, 0.3) is 0 Å². The van der Waals surface area contributed by atoms with Crippen LogP contribution in [0, 0.1) is 0 Å². The molecule has 0 unspecified atom stereocenters. The summed E-state index contributed by atoms with van der Waals surface area (Å²) in [5.74, 6) is -0.0437. The lowest BCUT2D eigenvalue weighted by atomic mass is 10.0. The van der Waals surface area contributed by atoms with Crippen molar-refractivity contribution in [2.24, 2.45) is 0 Å². The molecule has 0 aromatic carbocycles. The Morgan fingerprint density at radius 1 is 1.08 bits per heavy atom. The summed E-state index contributed by atoms with van der Waals surface area (Å²) < 4.78 is 1.76. The van der Waals surface area contributed by atoms with E-state index in [1.165, 1.54) is 61.9 Å². The first kappa shape index (κ1) is 17.1. The third-order valence-electron chi connectivity index (χ3n) is 4.48. The average Bonchev–Trinajstić information content (AvgIpc) is 3.17. The van der Waals surface area contributed by atoms with Crippen molar-refractivity contribution in [1.82, 2.24) is 14.5 Å². The number of carbonyl (C=O) groups excluding carboxylic acids is 1. The molecule has 0 fully saturated rings. The van der Waals surface area contributed by atoms with E-state index in [0.29, 0.717) is 0 Å².